The maximum atomic E-state index is 12.8. The summed E-state index contributed by atoms with van der Waals surface area (Å²) in [6, 6.07) is 0. The summed E-state index contributed by atoms with van der Waals surface area (Å²) in [6.07, 6.45) is 5.18. The highest BCUT2D eigenvalue weighted by atomic mass is 16.5. The molecule has 4 aliphatic rings. The molecular weight excluding hydrogens is 306 g/mol. The molecule has 0 radical (unpaired) electrons. The van der Waals surface area contributed by atoms with Crippen LogP contribution in [0.3, 0.4) is 0 Å². The van der Waals surface area contributed by atoms with E-state index in [1.165, 1.54) is 0 Å². The molecule has 0 spiro atoms. The SMILES string of the molecule is CC(C)(C)OC1CN(C(=O)C23CC(C2)C3COCCCCCO)C1. The van der Waals surface area contributed by atoms with E-state index in [-0.39, 0.29) is 23.7 Å². The molecule has 5 heteroatoms. The average molecular weight is 339 g/mol. The minimum atomic E-state index is -0.136. The minimum Gasteiger partial charge on any atom is -0.396 e. The molecule has 5 nitrogen and oxygen atoms in total. The fourth-order valence-corrected chi connectivity index (χ4v) is 4.42. The van der Waals surface area contributed by atoms with Crippen LogP contribution in [-0.2, 0) is 14.3 Å². The first-order valence-electron chi connectivity index (χ1n) is 9.51. The van der Waals surface area contributed by atoms with Gasteiger partial charge in [-0.05, 0) is 64.7 Å². The molecule has 0 aromatic carbocycles. The lowest BCUT2D eigenvalue weighted by molar-refractivity contribution is -0.232. The first-order valence-corrected chi connectivity index (χ1v) is 9.51. The summed E-state index contributed by atoms with van der Waals surface area (Å²) in [4.78, 5) is 14.8. The highest BCUT2D eigenvalue weighted by Gasteiger charge is 2.70. The Balaban J connectivity index is 1.37. The molecule has 3 aliphatic carbocycles. The predicted molar refractivity (Wildman–Crippen MR) is 91.6 cm³/mol. The number of aliphatic hydroxyl groups is 1. The number of hydrogen-bond donors (Lipinski definition) is 1. The fraction of sp³-hybridized carbons (Fsp3) is 0.947. The van der Waals surface area contributed by atoms with Gasteiger partial charge in [-0.3, -0.25) is 4.79 Å². The van der Waals surface area contributed by atoms with Crippen molar-refractivity contribution < 1.29 is 19.4 Å². The maximum Gasteiger partial charge on any atom is 0.229 e. The van der Waals surface area contributed by atoms with Gasteiger partial charge in [0.05, 0.1) is 23.7 Å². The lowest BCUT2D eigenvalue weighted by atomic mass is 9.37. The Morgan fingerprint density at radius 3 is 2.46 bits per heavy atom. The van der Waals surface area contributed by atoms with Gasteiger partial charge in [0.25, 0.3) is 0 Å². The molecule has 1 aliphatic heterocycles. The number of hydrogen-bond acceptors (Lipinski definition) is 4. The van der Waals surface area contributed by atoms with E-state index in [9.17, 15) is 4.79 Å². The maximum absolute atomic E-state index is 12.8. The van der Waals surface area contributed by atoms with Crippen LogP contribution >= 0.6 is 0 Å². The van der Waals surface area contributed by atoms with Gasteiger partial charge in [0.15, 0.2) is 0 Å². The predicted octanol–water partition coefficient (Wildman–Crippen LogP) is 2.22. The molecule has 1 amide bonds. The lowest BCUT2D eigenvalue weighted by Gasteiger charge is -2.68. The zero-order valence-electron chi connectivity index (χ0n) is 15.4. The summed E-state index contributed by atoms with van der Waals surface area (Å²) in [5, 5.41) is 8.76. The molecule has 4 rings (SSSR count). The molecule has 138 valence electrons. The van der Waals surface area contributed by atoms with Crippen LogP contribution in [0, 0.1) is 17.3 Å². The molecule has 1 atom stereocenters. The van der Waals surface area contributed by atoms with Gasteiger partial charge in [0, 0.05) is 26.3 Å². The number of nitrogens with zero attached hydrogens (tertiary/aromatic N) is 1. The lowest BCUT2D eigenvalue weighted by Crippen LogP contribution is -2.72. The van der Waals surface area contributed by atoms with Crippen molar-refractivity contribution in [2.75, 3.05) is 32.9 Å². The normalized spacial score (nSPS) is 32.1. The highest BCUT2D eigenvalue weighted by molar-refractivity contribution is 5.87. The molecular formula is C19H33NO4. The molecule has 0 aromatic heterocycles. The van der Waals surface area contributed by atoms with Crippen LogP contribution in [0.25, 0.3) is 0 Å². The third-order valence-corrected chi connectivity index (χ3v) is 5.86. The van der Waals surface area contributed by atoms with Crippen LogP contribution in [0.1, 0.15) is 52.9 Å². The van der Waals surface area contributed by atoms with Crippen LogP contribution < -0.4 is 0 Å². The molecule has 1 unspecified atom stereocenters. The summed E-state index contributed by atoms with van der Waals surface area (Å²) in [7, 11) is 0. The summed E-state index contributed by atoms with van der Waals surface area (Å²) in [5.41, 5.74) is -0.245. The topological polar surface area (TPSA) is 59.0 Å². The summed E-state index contributed by atoms with van der Waals surface area (Å²) in [5.74, 6) is 1.48. The summed E-state index contributed by atoms with van der Waals surface area (Å²) in [6.45, 7) is 9.42. The third kappa shape index (κ3) is 3.49. The zero-order valence-corrected chi connectivity index (χ0v) is 15.4. The van der Waals surface area contributed by atoms with Crippen molar-refractivity contribution in [3.8, 4) is 0 Å². The Bertz CT molecular complexity index is 447. The van der Waals surface area contributed by atoms with E-state index in [1.54, 1.807) is 0 Å². The van der Waals surface area contributed by atoms with E-state index in [4.69, 9.17) is 14.6 Å². The van der Waals surface area contributed by atoms with Crippen molar-refractivity contribution >= 4 is 5.91 Å². The average Bonchev–Trinajstić information content (AvgIpc) is 2.38. The summed E-state index contributed by atoms with van der Waals surface area (Å²) >= 11 is 0. The van der Waals surface area contributed by atoms with Crippen molar-refractivity contribution in [1.29, 1.82) is 0 Å². The van der Waals surface area contributed by atoms with E-state index in [0.29, 0.717) is 17.7 Å². The Hall–Kier alpha value is -0.650. The van der Waals surface area contributed by atoms with Gasteiger partial charge in [-0.25, -0.2) is 0 Å². The zero-order chi connectivity index (χ0) is 17.4. The van der Waals surface area contributed by atoms with Crippen molar-refractivity contribution in [2.24, 2.45) is 17.3 Å². The van der Waals surface area contributed by atoms with Crippen molar-refractivity contribution in [1.82, 2.24) is 4.90 Å². The van der Waals surface area contributed by atoms with Gasteiger partial charge in [0.1, 0.15) is 0 Å². The minimum absolute atomic E-state index is 0.109. The standard InChI is InChI=1S/C19H33NO4/c1-18(2,3)24-15-11-20(12-15)17(22)19-9-14(10-19)16(19)13-23-8-6-4-5-7-21/h14-16,21H,4-13H2,1-3H3. The van der Waals surface area contributed by atoms with E-state index in [0.717, 1.165) is 58.4 Å². The number of unbranched alkanes of at least 4 members (excludes halogenated alkanes) is 2. The van der Waals surface area contributed by atoms with Crippen LogP contribution in [0.15, 0.2) is 0 Å². The number of amides is 1. The number of carbonyl (C=O) groups is 1. The van der Waals surface area contributed by atoms with E-state index >= 15 is 0 Å². The molecule has 0 aromatic rings. The van der Waals surface area contributed by atoms with Gasteiger partial charge in [-0.15, -0.1) is 0 Å². The van der Waals surface area contributed by atoms with Gasteiger partial charge < -0.3 is 19.5 Å². The van der Waals surface area contributed by atoms with Crippen molar-refractivity contribution in [3.05, 3.63) is 0 Å². The Morgan fingerprint density at radius 1 is 1.21 bits per heavy atom. The number of likely N-dealkylation sites (tertiary alicyclic amines) is 1. The van der Waals surface area contributed by atoms with E-state index in [2.05, 4.69) is 20.8 Å². The van der Waals surface area contributed by atoms with Gasteiger partial charge in [0.2, 0.25) is 5.91 Å². The number of carbonyl (C=O) groups excluding carboxylic acids is 1. The Kier molecular flexibility index (Phi) is 5.24. The largest absolute Gasteiger partial charge is 0.396 e. The van der Waals surface area contributed by atoms with Gasteiger partial charge >= 0.3 is 0 Å². The summed E-state index contributed by atoms with van der Waals surface area (Å²) < 4.78 is 11.7. The van der Waals surface area contributed by atoms with Crippen molar-refractivity contribution in [3.63, 3.8) is 0 Å². The third-order valence-electron chi connectivity index (χ3n) is 5.86. The smallest absolute Gasteiger partial charge is 0.229 e. The van der Waals surface area contributed by atoms with Crippen LogP contribution in [-0.4, -0.2) is 60.5 Å². The van der Waals surface area contributed by atoms with E-state index in [1.807, 2.05) is 4.90 Å². The van der Waals surface area contributed by atoms with Crippen LogP contribution in [0.5, 0.6) is 0 Å². The Morgan fingerprint density at radius 2 is 1.92 bits per heavy atom. The second kappa shape index (κ2) is 6.93. The van der Waals surface area contributed by atoms with Crippen LogP contribution in [0.2, 0.25) is 0 Å². The molecule has 1 heterocycles. The number of ether oxygens (including phenoxy) is 2. The molecule has 1 N–H and O–H groups in total. The van der Waals surface area contributed by atoms with Crippen molar-refractivity contribution in [2.45, 2.75) is 64.6 Å². The molecule has 3 saturated carbocycles. The van der Waals surface area contributed by atoms with Crippen LogP contribution in [0.4, 0.5) is 0 Å². The van der Waals surface area contributed by atoms with E-state index < -0.39 is 0 Å². The Labute approximate surface area is 145 Å². The molecule has 24 heavy (non-hydrogen) atoms. The second-order valence-electron chi connectivity index (χ2n) is 8.85. The molecule has 2 bridgehead atoms. The first kappa shape index (κ1) is 18.2. The monoisotopic (exact) mass is 339 g/mol. The molecule has 4 fully saturated rings. The highest BCUT2D eigenvalue weighted by Crippen LogP contribution is 2.69. The van der Waals surface area contributed by atoms with Gasteiger partial charge in [-0.1, -0.05) is 0 Å². The second-order valence-corrected chi connectivity index (χ2v) is 8.85. The fourth-order valence-electron chi connectivity index (χ4n) is 4.42. The number of rotatable bonds is 9. The first-order chi connectivity index (χ1) is 11.4. The quantitative estimate of drug-likeness (QED) is 0.655. The van der Waals surface area contributed by atoms with Gasteiger partial charge in [-0.2, -0.15) is 0 Å². The molecule has 1 saturated heterocycles. The number of aliphatic hydroxyl groups excluding tert-OH is 1.